The van der Waals surface area contributed by atoms with Gasteiger partial charge in [-0.25, -0.2) is 4.98 Å². The lowest BCUT2D eigenvalue weighted by Crippen LogP contribution is -2.48. The molecule has 1 amide bonds. The molecule has 32 heavy (non-hydrogen) atoms. The molecule has 4 rings (SSSR count). The second-order valence-electron chi connectivity index (χ2n) is 8.21. The Kier molecular flexibility index (Phi) is 7.19. The van der Waals surface area contributed by atoms with E-state index in [1.54, 1.807) is 18.4 Å². The van der Waals surface area contributed by atoms with E-state index < -0.39 is 0 Å². The van der Waals surface area contributed by atoms with Crippen molar-refractivity contribution in [3.63, 3.8) is 0 Å². The zero-order valence-corrected chi connectivity index (χ0v) is 19.7. The summed E-state index contributed by atoms with van der Waals surface area (Å²) in [6.45, 7) is 8.92. The highest BCUT2D eigenvalue weighted by Crippen LogP contribution is 2.32. The van der Waals surface area contributed by atoms with Gasteiger partial charge in [-0.2, -0.15) is 0 Å². The number of carbonyl (C=O) groups is 1. The van der Waals surface area contributed by atoms with Crippen LogP contribution in [-0.2, 0) is 11.3 Å². The number of thiazole rings is 1. The minimum atomic E-state index is 0.0526. The Morgan fingerprint density at radius 2 is 1.72 bits per heavy atom. The highest BCUT2D eigenvalue weighted by atomic mass is 32.1. The van der Waals surface area contributed by atoms with E-state index in [1.165, 1.54) is 0 Å². The van der Waals surface area contributed by atoms with Crippen LogP contribution in [0, 0.1) is 13.8 Å². The van der Waals surface area contributed by atoms with Crippen molar-refractivity contribution in [2.45, 2.75) is 20.4 Å². The molecule has 1 aromatic heterocycles. The van der Waals surface area contributed by atoms with E-state index in [0.29, 0.717) is 6.54 Å². The highest BCUT2D eigenvalue weighted by Gasteiger charge is 2.20. The minimum absolute atomic E-state index is 0.0526. The fourth-order valence-corrected chi connectivity index (χ4v) is 4.89. The van der Waals surface area contributed by atoms with Crippen molar-refractivity contribution in [3.8, 4) is 16.3 Å². The summed E-state index contributed by atoms with van der Waals surface area (Å²) in [5.74, 6) is 0.901. The molecular weight excluding hydrogens is 420 g/mol. The molecule has 0 bridgehead atoms. The van der Waals surface area contributed by atoms with Gasteiger partial charge < -0.3 is 10.1 Å². The van der Waals surface area contributed by atoms with Gasteiger partial charge in [0.1, 0.15) is 10.8 Å². The van der Waals surface area contributed by atoms with E-state index in [1.807, 2.05) is 56.3 Å². The summed E-state index contributed by atoms with van der Waals surface area (Å²) in [5, 5.41) is 6.21. The van der Waals surface area contributed by atoms with Gasteiger partial charge in [-0.05, 0) is 37.1 Å². The molecule has 6 nitrogen and oxygen atoms in total. The van der Waals surface area contributed by atoms with Gasteiger partial charge in [0.25, 0.3) is 0 Å². The summed E-state index contributed by atoms with van der Waals surface area (Å²) in [5.41, 5.74) is 5.24. The molecular formula is C25H30N4O2S. The van der Waals surface area contributed by atoms with Crippen LogP contribution in [-0.4, -0.2) is 60.5 Å². The van der Waals surface area contributed by atoms with Crippen LogP contribution in [0.15, 0.2) is 47.8 Å². The number of hydrogen-bond donors (Lipinski definition) is 1. The molecule has 3 aromatic rings. The number of piperazine rings is 1. The Morgan fingerprint density at radius 3 is 2.44 bits per heavy atom. The number of methoxy groups -OCH3 is 1. The number of nitrogens with zero attached hydrogens (tertiary/aromatic N) is 3. The van der Waals surface area contributed by atoms with Crippen LogP contribution in [0.4, 0.5) is 5.69 Å². The van der Waals surface area contributed by atoms with Crippen LogP contribution >= 0.6 is 11.3 Å². The Morgan fingerprint density at radius 1 is 1.03 bits per heavy atom. The van der Waals surface area contributed by atoms with Crippen LogP contribution in [0.2, 0.25) is 0 Å². The molecule has 1 fully saturated rings. The number of hydrogen-bond acceptors (Lipinski definition) is 6. The van der Waals surface area contributed by atoms with Crippen LogP contribution in [0.3, 0.4) is 0 Å². The molecule has 0 aliphatic carbocycles. The van der Waals surface area contributed by atoms with Gasteiger partial charge in [0.05, 0.1) is 24.9 Å². The maximum Gasteiger partial charge on any atom is 0.238 e. The number of para-hydroxylation sites is 2. The summed E-state index contributed by atoms with van der Waals surface area (Å²) in [6, 6.07) is 14.1. The average molecular weight is 451 g/mol. The molecule has 1 N–H and O–H groups in total. The van der Waals surface area contributed by atoms with Crippen LogP contribution in [0.5, 0.6) is 5.75 Å². The molecule has 0 unspecified atom stereocenters. The first-order valence-electron chi connectivity index (χ1n) is 10.9. The van der Waals surface area contributed by atoms with Gasteiger partial charge >= 0.3 is 0 Å². The highest BCUT2D eigenvalue weighted by molar-refractivity contribution is 7.13. The maximum atomic E-state index is 12.6. The van der Waals surface area contributed by atoms with E-state index in [0.717, 1.165) is 71.6 Å². The van der Waals surface area contributed by atoms with Crippen molar-refractivity contribution in [2.24, 2.45) is 0 Å². The van der Waals surface area contributed by atoms with Crippen LogP contribution in [0.25, 0.3) is 10.6 Å². The number of anilines is 1. The normalized spacial score (nSPS) is 15.0. The third-order valence-electron chi connectivity index (χ3n) is 5.85. The number of carbonyl (C=O) groups excluding carboxylic acids is 1. The molecule has 0 spiro atoms. The molecule has 0 radical (unpaired) electrons. The zero-order chi connectivity index (χ0) is 22.5. The number of benzene rings is 2. The Bertz CT molecular complexity index is 1050. The van der Waals surface area contributed by atoms with Gasteiger partial charge in [0.15, 0.2) is 0 Å². The van der Waals surface area contributed by atoms with Crippen molar-refractivity contribution in [3.05, 3.63) is 64.7 Å². The van der Waals surface area contributed by atoms with Crippen LogP contribution in [0.1, 0.15) is 16.8 Å². The molecule has 7 heteroatoms. The predicted octanol–water partition coefficient (Wildman–Crippen LogP) is 4.19. The van der Waals surface area contributed by atoms with Crippen molar-refractivity contribution < 1.29 is 9.53 Å². The summed E-state index contributed by atoms with van der Waals surface area (Å²) < 4.78 is 5.47. The first-order chi connectivity index (χ1) is 15.5. The number of ether oxygens (including phenoxy) is 1. The number of aromatic nitrogens is 1. The van der Waals surface area contributed by atoms with Gasteiger partial charge in [-0.1, -0.05) is 30.3 Å². The van der Waals surface area contributed by atoms with E-state index >= 15 is 0 Å². The van der Waals surface area contributed by atoms with Gasteiger partial charge in [-0.15, -0.1) is 11.3 Å². The van der Waals surface area contributed by atoms with Crippen molar-refractivity contribution in [2.75, 3.05) is 45.2 Å². The molecule has 0 saturated carbocycles. The summed E-state index contributed by atoms with van der Waals surface area (Å²) in [6.07, 6.45) is 0. The molecule has 2 heterocycles. The standard InChI is InChI=1S/C25H30N4O2S/c1-18-7-6-8-19(2)24(18)27-23(30)16-29-13-11-28(12-14-29)15-20-17-32-25(26-20)21-9-4-5-10-22(21)31-3/h4-10,17H,11-16H2,1-3H3,(H,27,30). The average Bonchev–Trinajstić information content (AvgIpc) is 3.26. The quantitative estimate of drug-likeness (QED) is 0.585. The predicted molar refractivity (Wildman–Crippen MR) is 130 cm³/mol. The number of amides is 1. The summed E-state index contributed by atoms with van der Waals surface area (Å²) >= 11 is 1.65. The Labute approximate surface area is 193 Å². The Hall–Kier alpha value is -2.74. The third-order valence-corrected chi connectivity index (χ3v) is 6.78. The van der Waals surface area contributed by atoms with E-state index in [2.05, 4.69) is 20.5 Å². The lowest BCUT2D eigenvalue weighted by atomic mass is 10.1. The lowest BCUT2D eigenvalue weighted by Gasteiger charge is -2.33. The van der Waals surface area contributed by atoms with Crippen molar-refractivity contribution >= 4 is 22.9 Å². The second kappa shape index (κ2) is 10.3. The topological polar surface area (TPSA) is 57.7 Å². The second-order valence-corrected chi connectivity index (χ2v) is 9.07. The Balaban J connectivity index is 1.27. The van der Waals surface area contributed by atoms with Crippen molar-refractivity contribution in [1.82, 2.24) is 14.8 Å². The maximum absolute atomic E-state index is 12.6. The molecule has 1 aliphatic heterocycles. The third kappa shape index (κ3) is 5.35. The fraction of sp³-hybridized carbons (Fsp3) is 0.360. The van der Waals surface area contributed by atoms with Crippen molar-refractivity contribution in [1.29, 1.82) is 0 Å². The zero-order valence-electron chi connectivity index (χ0n) is 18.9. The van der Waals surface area contributed by atoms with Gasteiger partial charge in [0, 0.05) is 43.8 Å². The smallest absolute Gasteiger partial charge is 0.238 e. The number of nitrogens with one attached hydrogen (secondary N) is 1. The van der Waals surface area contributed by atoms with Crippen LogP contribution < -0.4 is 10.1 Å². The SMILES string of the molecule is COc1ccccc1-c1nc(CN2CCN(CC(=O)Nc3c(C)cccc3C)CC2)cs1. The minimum Gasteiger partial charge on any atom is -0.496 e. The number of aryl methyl sites for hydroxylation is 2. The molecule has 168 valence electrons. The van der Waals surface area contributed by atoms with Gasteiger partial charge in [-0.3, -0.25) is 14.6 Å². The molecule has 1 aliphatic rings. The number of rotatable bonds is 7. The molecule has 2 aromatic carbocycles. The summed E-state index contributed by atoms with van der Waals surface area (Å²) in [7, 11) is 1.69. The summed E-state index contributed by atoms with van der Waals surface area (Å²) in [4.78, 5) is 22.0. The van der Waals surface area contributed by atoms with E-state index in [9.17, 15) is 4.79 Å². The first-order valence-corrected chi connectivity index (χ1v) is 11.8. The van der Waals surface area contributed by atoms with Gasteiger partial charge in [0.2, 0.25) is 5.91 Å². The lowest BCUT2D eigenvalue weighted by molar-refractivity contribution is -0.117. The molecule has 1 saturated heterocycles. The molecule has 0 atom stereocenters. The monoisotopic (exact) mass is 450 g/mol. The largest absolute Gasteiger partial charge is 0.496 e. The van der Waals surface area contributed by atoms with E-state index in [4.69, 9.17) is 9.72 Å². The first kappa shape index (κ1) is 22.5. The fourth-order valence-electron chi connectivity index (χ4n) is 4.05. The van der Waals surface area contributed by atoms with E-state index in [-0.39, 0.29) is 5.91 Å².